The van der Waals surface area contributed by atoms with Gasteiger partial charge in [-0.3, -0.25) is 9.59 Å². The molecule has 0 aliphatic carbocycles. The van der Waals surface area contributed by atoms with Gasteiger partial charge in [-0.25, -0.2) is 0 Å². The minimum atomic E-state index is -0.454. The van der Waals surface area contributed by atoms with Gasteiger partial charge in [0.05, 0.1) is 23.8 Å². The van der Waals surface area contributed by atoms with Crippen LogP contribution in [0.3, 0.4) is 0 Å². The Labute approximate surface area is 171 Å². The molecule has 0 unspecified atom stereocenters. The Morgan fingerprint density at radius 1 is 1.04 bits per heavy atom. The summed E-state index contributed by atoms with van der Waals surface area (Å²) in [6, 6.07) is 11.7. The molecule has 2 aromatic carbocycles. The van der Waals surface area contributed by atoms with Gasteiger partial charge in [-0.15, -0.1) is 0 Å². The van der Waals surface area contributed by atoms with Crippen LogP contribution in [0.4, 0.5) is 5.69 Å². The summed E-state index contributed by atoms with van der Waals surface area (Å²) in [6.07, 6.45) is 0. The van der Waals surface area contributed by atoms with E-state index in [4.69, 9.17) is 32.4 Å². The molecule has 1 aromatic heterocycles. The van der Waals surface area contributed by atoms with Crippen molar-refractivity contribution in [2.75, 3.05) is 31.6 Å². The Morgan fingerprint density at radius 2 is 1.79 bits per heavy atom. The number of ether oxygens (including phenoxy) is 1. The number of morpholine rings is 1. The van der Waals surface area contributed by atoms with Crippen LogP contribution in [-0.2, 0) is 4.74 Å². The van der Waals surface area contributed by atoms with Crippen molar-refractivity contribution >= 4 is 51.7 Å². The van der Waals surface area contributed by atoms with Crippen molar-refractivity contribution in [3.05, 3.63) is 63.8 Å². The molecule has 0 atom stereocenters. The van der Waals surface area contributed by atoms with Gasteiger partial charge in [0.2, 0.25) is 5.76 Å². The number of nitrogens with zero attached hydrogens (tertiary/aromatic N) is 1. The molecule has 2 amide bonds. The van der Waals surface area contributed by atoms with Crippen LogP contribution in [0.25, 0.3) is 11.0 Å². The van der Waals surface area contributed by atoms with E-state index in [1.165, 1.54) is 12.1 Å². The molecule has 28 heavy (non-hydrogen) atoms. The molecular formula is C20H16Cl2N2O4. The van der Waals surface area contributed by atoms with E-state index in [1.54, 1.807) is 29.2 Å². The van der Waals surface area contributed by atoms with Crippen LogP contribution in [0.5, 0.6) is 0 Å². The molecule has 0 saturated carbocycles. The van der Waals surface area contributed by atoms with Crippen LogP contribution in [0.1, 0.15) is 20.9 Å². The zero-order valence-electron chi connectivity index (χ0n) is 14.7. The Bertz CT molecular complexity index is 1060. The number of benzene rings is 2. The van der Waals surface area contributed by atoms with Crippen molar-refractivity contribution in [3.63, 3.8) is 0 Å². The number of carbonyl (C=O) groups is 2. The summed E-state index contributed by atoms with van der Waals surface area (Å²) in [4.78, 5) is 27.5. The number of fused-ring (bicyclic) bond motifs is 1. The zero-order valence-corrected chi connectivity index (χ0v) is 16.2. The summed E-state index contributed by atoms with van der Waals surface area (Å²) in [7, 11) is 0. The lowest BCUT2D eigenvalue weighted by Gasteiger charge is -2.26. The zero-order chi connectivity index (χ0) is 19.7. The second-order valence-electron chi connectivity index (χ2n) is 6.29. The molecule has 144 valence electrons. The fourth-order valence-electron chi connectivity index (χ4n) is 3.08. The summed E-state index contributed by atoms with van der Waals surface area (Å²) in [5.41, 5.74) is 1.08. The van der Waals surface area contributed by atoms with Crippen molar-refractivity contribution in [2.24, 2.45) is 0 Å². The molecule has 1 aliphatic heterocycles. The van der Waals surface area contributed by atoms with Crippen LogP contribution >= 0.6 is 23.2 Å². The predicted octanol–water partition coefficient (Wildman–Crippen LogP) is 4.46. The number of furan rings is 1. The van der Waals surface area contributed by atoms with Crippen LogP contribution in [0, 0.1) is 0 Å². The molecule has 4 rings (SSSR count). The average Bonchev–Trinajstić information content (AvgIpc) is 3.06. The molecule has 2 heterocycles. The average molecular weight is 419 g/mol. The summed E-state index contributed by atoms with van der Waals surface area (Å²) in [5.74, 6) is -0.664. The maximum absolute atomic E-state index is 13.0. The topological polar surface area (TPSA) is 71.8 Å². The SMILES string of the molecule is O=C(Nc1c(C(=O)N2CCOCC2)oc2ccccc12)c1ccc(Cl)cc1Cl. The molecule has 0 bridgehead atoms. The highest BCUT2D eigenvalue weighted by Crippen LogP contribution is 2.33. The highest BCUT2D eigenvalue weighted by Gasteiger charge is 2.28. The lowest BCUT2D eigenvalue weighted by molar-refractivity contribution is 0.0285. The molecule has 6 nitrogen and oxygen atoms in total. The highest BCUT2D eigenvalue weighted by molar-refractivity contribution is 6.37. The largest absolute Gasteiger partial charge is 0.449 e. The van der Waals surface area contributed by atoms with Gasteiger partial charge in [0.1, 0.15) is 11.3 Å². The summed E-state index contributed by atoms with van der Waals surface area (Å²) in [6.45, 7) is 1.86. The quantitative estimate of drug-likeness (QED) is 0.680. The van der Waals surface area contributed by atoms with Crippen molar-refractivity contribution in [3.8, 4) is 0 Å². The Morgan fingerprint density at radius 3 is 2.54 bits per heavy atom. The first-order valence-electron chi connectivity index (χ1n) is 8.69. The summed E-state index contributed by atoms with van der Waals surface area (Å²) < 4.78 is 11.1. The first-order chi connectivity index (χ1) is 13.5. The van der Waals surface area contributed by atoms with E-state index in [0.29, 0.717) is 48.0 Å². The van der Waals surface area contributed by atoms with E-state index in [0.717, 1.165) is 0 Å². The van der Waals surface area contributed by atoms with Gasteiger partial charge in [0.15, 0.2) is 0 Å². The molecule has 0 radical (unpaired) electrons. The number of para-hydroxylation sites is 1. The number of carbonyl (C=O) groups excluding carboxylic acids is 2. The van der Waals surface area contributed by atoms with Gasteiger partial charge in [-0.1, -0.05) is 35.3 Å². The first-order valence-corrected chi connectivity index (χ1v) is 9.45. The Hall–Kier alpha value is -2.54. The third-order valence-corrected chi connectivity index (χ3v) is 5.05. The summed E-state index contributed by atoms with van der Waals surface area (Å²) in [5, 5.41) is 4.08. The van der Waals surface area contributed by atoms with Gasteiger partial charge in [0, 0.05) is 23.5 Å². The van der Waals surface area contributed by atoms with Gasteiger partial charge in [-0.05, 0) is 30.3 Å². The van der Waals surface area contributed by atoms with E-state index in [1.807, 2.05) is 6.07 Å². The monoisotopic (exact) mass is 418 g/mol. The highest BCUT2D eigenvalue weighted by atomic mass is 35.5. The maximum Gasteiger partial charge on any atom is 0.291 e. The predicted molar refractivity (Wildman–Crippen MR) is 107 cm³/mol. The fraction of sp³-hybridized carbons (Fsp3) is 0.200. The number of nitrogens with one attached hydrogen (secondary N) is 1. The molecule has 1 aliphatic rings. The van der Waals surface area contributed by atoms with E-state index in [2.05, 4.69) is 5.32 Å². The van der Waals surface area contributed by atoms with Crippen molar-refractivity contribution in [1.29, 1.82) is 0 Å². The number of rotatable bonds is 3. The van der Waals surface area contributed by atoms with Gasteiger partial charge < -0.3 is 19.4 Å². The standard InChI is InChI=1S/C20H16Cl2N2O4/c21-12-5-6-13(15(22)11-12)19(25)23-17-14-3-1-2-4-16(14)28-18(17)20(26)24-7-9-27-10-8-24/h1-6,11H,7-10H2,(H,23,25). The lowest BCUT2D eigenvalue weighted by atomic mass is 10.1. The minimum Gasteiger partial charge on any atom is -0.449 e. The minimum absolute atomic E-state index is 0.0848. The molecule has 8 heteroatoms. The normalized spacial score (nSPS) is 14.3. The number of amides is 2. The van der Waals surface area contributed by atoms with Crippen LogP contribution in [0.2, 0.25) is 10.0 Å². The fourth-order valence-corrected chi connectivity index (χ4v) is 3.58. The van der Waals surface area contributed by atoms with Crippen molar-refractivity contribution in [1.82, 2.24) is 4.90 Å². The van der Waals surface area contributed by atoms with Gasteiger partial charge in [-0.2, -0.15) is 0 Å². The second-order valence-corrected chi connectivity index (χ2v) is 7.13. The molecule has 0 spiro atoms. The number of anilines is 1. The molecule has 1 fully saturated rings. The number of hydrogen-bond donors (Lipinski definition) is 1. The first kappa shape index (κ1) is 18.8. The van der Waals surface area contributed by atoms with E-state index < -0.39 is 5.91 Å². The van der Waals surface area contributed by atoms with Crippen LogP contribution in [0.15, 0.2) is 46.9 Å². The number of hydrogen-bond acceptors (Lipinski definition) is 4. The lowest BCUT2D eigenvalue weighted by Crippen LogP contribution is -2.40. The molecular weight excluding hydrogens is 403 g/mol. The molecule has 3 aromatic rings. The van der Waals surface area contributed by atoms with Crippen molar-refractivity contribution in [2.45, 2.75) is 0 Å². The van der Waals surface area contributed by atoms with Crippen molar-refractivity contribution < 1.29 is 18.7 Å². The number of halogens is 2. The maximum atomic E-state index is 13.0. The van der Waals surface area contributed by atoms with Gasteiger partial charge in [0.25, 0.3) is 11.8 Å². The Kier molecular flexibility index (Phi) is 5.26. The van der Waals surface area contributed by atoms with E-state index in [9.17, 15) is 9.59 Å². The molecule has 1 saturated heterocycles. The van der Waals surface area contributed by atoms with E-state index >= 15 is 0 Å². The van der Waals surface area contributed by atoms with Gasteiger partial charge >= 0.3 is 0 Å². The van der Waals surface area contributed by atoms with Crippen LogP contribution in [-0.4, -0.2) is 43.0 Å². The third kappa shape index (κ3) is 3.58. The Balaban J connectivity index is 1.72. The third-order valence-electron chi connectivity index (χ3n) is 4.50. The second kappa shape index (κ2) is 7.83. The smallest absolute Gasteiger partial charge is 0.291 e. The van der Waals surface area contributed by atoms with E-state index in [-0.39, 0.29) is 22.3 Å². The summed E-state index contributed by atoms with van der Waals surface area (Å²) >= 11 is 12.1. The molecule has 1 N–H and O–H groups in total. The van der Waals surface area contributed by atoms with Crippen LogP contribution < -0.4 is 5.32 Å².